The number of rotatable bonds is 6. The van der Waals surface area contributed by atoms with Gasteiger partial charge in [0.2, 0.25) is 0 Å². The summed E-state index contributed by atoms with van der Waals surface area (Å²) in [6.45, 7) is 0.510. The Morgan fingerprint density at radius 3 is 2.34 bits per heavy atom. The Labute approximate surface area is 169 Å². The van der Waals surface area contributed by atoms with Crippen LogP contribution in [0.5, 0.6) is 11.5 Å². The van der Waals surface area contributed by atoms with Gasteiger partial charge >= 0.3 is 0 Å². The van der Waals surface area contributed by atoms with Crippen molar-refractivity contribution in [1.29, 1.82) is 0 Å². The molecule has 4 rings (SSSR count). The van der Waals surface area contributed by atoms with Crippen LogP contribution in [0, 0.1) is 0 Å². The second-order valence-electron chi connectivity index (χ2n) is 6.71. The van der Waals surface area contributed by atoms with Gasteiger partial charge in [-0.3, -0.25) is 9.36 Å². The molecule has 0 fully saturated rings. The maximum atomic E-state index is 13.2. The monoisotopic (exact) mass is 386 g/mol. The van der Waals surface area contributed by atoms with Crippen molar-refractivity contribution in [3.63, 3.8) is 0 Å². The molecule has 0 saturated heterocycles. The molecule has 0 aliphatic carbocycles. The molecular weight excluding hydrogens is 364 g/mol. The number of aromatic nitrogens is 2. The Hall–Kier alpha value is -3.60. The van der Waals surface area contributed by atoms with Gasteiger partial charge in [0.1, 0.15) is 5.82 Å². The van der Waals surface area contributed by atoms with Gasteiger partial charge in [-0.2, -0.15) is 0 Å². The number of methoxy groups -OCH3 is 2. The van der Waals surface area contributed by atoms with Gasteiger partial charge in [0.05, 0.1) is 25.1 Å². The van der Waals surface area contributed by atoms with Crippen molar-refractivity contribution in [2.75, 3.05) is 14.2 Å². The fraction of sp³-hybridized carbons (Fsp3) is 0.167. The molecule has 0 N–H and O–H groups in total. The second-order valence-corrected chi connectivity index (χ2v) is 6.71. The molecule has 29 heavy (non-hydrogen) atoms. The van der Waals surface area contributed by atoms with Crippen molar-refractivity contribution in [2.45, 2.75) is 13.0 Å². The van der Waals surface area contributed by atoms with E-state index in [0.717, 1.165) is 11.1 Å². The molecule has 1 heterocycles. The van der Waals surface area contributed by atoms with Gasteiger partial charge in [-0.1, -0.05) is 48.5 Å². The molecule has 4 aromatic rings. The van der Waals surface area contributed by atoms with Crippen LogP contribution in [0.1, 0.15) is 5.56 Å². The lowest BCUT2D eigenvalue weighted by molar-refractivity contribution is 0.354. The molecule has 0 saturated carbocycles. The topological polar surface area (TPSA) is 53.4 Å². The summed E-state index contributed by atoms with van der Waals surface area (Å²) < 4.78 is 12.5. The average molecular weight is 386 g/mol. The lowest BCUT2D eigenvalue weighted by atomic mass is 10.1. The number of aryl methyl sites for hydroxylation is 1. The highest BCUT2D eigenvalue weighted by Crippen LogP contribution is 2.28. The van der Waals surface area contributed by atoms with E-state index in [2.05, 4.69) is 0 Å². The quantitative estimate of drug-likeness (QED) is 0.495. The van der Waals surface area contributed by atoms with Gasteiger partial charge in [-0.15, -0.1) is 0 Å². The zero-order valence-electron chi connectivity index (χ0n) is 16.5. The molecule has 0 radical (unpaired) electrons. The number of benzene rings is 3. The molecule has 0 atom stereocenters. The molecule has 5 nitrogen and oxygen atoms in total. The number of para-hydroxylation sites is 1. The number of hydrogen-bond donors (Lipinski definition) is 0. The molecule has 0 unspecified atom stereocenters. The van der Waals surface area contributed by atoms with Crippen LogP contribution in [0.15, 0.2) is 77.6 Å². The third-order valence-electron chi connectivity index (χ3n) is 4.97. The van der Waals surface area contributed by atoms with Crippen molar-refractivity contribution in [2.24, 2.45) is 0 Å². The summed E-state index contributed by atoms with van der Waals surface area (Å²) in [5.74, 6) is 2.04. The molecule has 3 aromatic carbocycles. The zero-order valence-corrected chi connectivity index (χ0v) is 16.5. The molecule has 0 aliphatic rings. The average Bonchev–Trinajstić information content (AvgIpc) is 2.78. The summed E-state index contributed by atoms with van der Waals surface area (Å²) in [7, 11) is 3.23. The standard InChI is InChI=1S/C24H22N2O3/c1-28-21-13-12-17(16-22(21)29-2)14-15-26-23(18-8-4-3-5-9-18)25-20-11-7-6-10-19(20)24(26)27/h3-13,16H,14-15H2,1-2H3. The molecule has 5 heteroatoms. The highest BCUT2D eigenvalue weighted by atomic mass is 16.5. The third-order valence-corrected chi connectivity index (χ3v) is 4.97. The van der Waals surface area contributed by atoms with Gasteiger partial charge in [0.15, 0.2) is 11.5 Å². The van der Waals surface area contributed by atoms with Crippen molar-refractivity contribution in [3.8, 4) is 22.9 Å². The molecule has 0 bridgehead atoms. The van der Waals surface area contributed by atoms with E-state index in [1.54, 1.807) is 18.8 Å². The SMILES string of the molecule is COc1ccc(CCn2c(-c3ccccc3)nc3ccccc3c2=O)cc1OC. The summed E-state index contributed by atoms with van der Waals surface area (Å²) in [5, 5.41) is 0.625. The van der Waals surface area contributed by atoms with E-state index in [1.165, 1.54) is 0 Å². The van der Waals surface area contributed by atoms with Crippen LogP contribution in [0.2, 0.25) is 0 Å². The van der Waals surface area contributed by atoms with Crippen molar-refractivity contribution in [1.82, 2.24) is 9.55 Å². The molecule has 0 aliphatic heterocycles. The minimum absolute atomic E-state index is 0.0325. The van der Waals surface area contributed by atoms with E-state index in [9.17, 15) is 4.79 Å². The van der Waals surface area contributed by atoms with Crippen LogP contribution in [0.4, 0.5) is 0 Å². The van der Waals surface area contributed by atoms with E-state index >= 15 is 0 Å². The van der Waals surface area contributed by atoms with Crippen LogP contribution < -0.4 is 15.0 Å². The first kappa shape index (κ1) is 18.7. The Morgan fingerprint density at radius 1 is 0.862 bits per heavy atom. The Bertz CT molecular complexity index is 1200. The van der Waals surface area contributed by atoms with E-state index < -0.39 is 0 Å². The highest BCUT2D eigenvalue weighted by Gasteiger charge is 2.13. The minimum atomic E-state index is -0.0325. The summed E-state index contributed by atoms with van der Waals surface area (Å²) in [5.41, 5.74) is 2.65. The van der Waals surface area contributed by atoms with Crippen molar-refractivity contribution in [3.05, 3.63) is 88.7 Å². The van der Waals surface area contributed by atoms with Crippen LogP contribution in [-0.4, -0.2) is 23.8 Å². The number of hydrogen-bond acceptors (Lipinski definition) is 4. The Balaban J connectivity index is 1.76. The maximum Gasteiger partial charge on any atom is 0.261 e. The molecular formula is C24H22N2O3. The van der Waals surface area contributed by atoms with E-state index in [1.807, 2.05) is 72.8 Å². The fourth-order valence-corrected chi connectivity index (χ4v) is 3.46. The number of fused-ring (bicyclic) bond motifs is 1. The van der Waals surface area contributed by atoms with Crippen molar-refractivity contribution >= 4 is 10.9 Å². The number of nitrogens with zero attached hydrogens (tertiary/aromatic N) is 2. The second kappa shape index (κ2) is 8.19. The lowest BCUT2D eigenvalue weighted by Crippen LogP contribution is -2.24. The van der Waals surface area contributed by atoms with E-state index in [4.69, 9.17) is 14.5 Å². The van der Waals surface area contributed by atoms with E-state index in [-0.39, 0.29) is 5.56 Å². The molecule has 1 aromatic heterocycles. The minimum Gasteiger partial charge on any atom is -0.493 e. The van der Waals surface area contributed by atoms with E-state index in [0.29, 0.717) is 41.2 Å². The highest BCUT2D eigenvalue weighted by molar-refractivity contribution is 5.79. The summed E-state index contributed by atoms with van der Waals surface area (Å²) in [6.07, 6.45) is 0.667. The van der Waals surface area contributed by atoms with Crippen LogP contribution in [0.25, 0.3) is 22.3 Å². The smallest absolute Gasteiger partial charge is 0.261 e. The van der Waals surface area contributed by atoms with Gasteiger partial charge in [0, 0.05) is 12.1 Å². The summed E-state index contributed by atoms with van der Waals surface area (Å²) in [6, 6.07) is 23.1. The normalized spacial score (nSPS) is 10.8. The first-order valence-electron chi connectivity index (χ1n) is 9.47. The van der Waals surface area contributed by atoms with Crippen LogP contribution >= 0.6 is 0 Å². The Kier molecular flexibility index (Phi) is 5.29. The maximum absolute atomic E-state index is 13.2. The van der Waals surface area contributed by atoms with Gasteiger partial charge in [-0.05, 0) is 36.2 Å². The van der Waals surface area contributed by atoms with Crippen molar-refractivity contribution < 1.29 is 9.47 Å². The molecule has 146 valence electrons. The Morgan fingerprint density at radius 2 is 1.59 bits per heavy atom. The lowest BCUT2D eigenvalue weighted by Gasteiger charge is -2.15. The predicted octanol–water partition coefficient (Wildman–Crippen LogP) is 4.32. The largest absolute Gasteiger partial charge is 0.493 e. The predicted molar refractivity (Wildman–Crippen MR) is 115 cm³/mol. The molecule has 0 spiro atoms. The van der Waals surface area contributed by atoms with Gasteiger partial charge < -0.3 is 9.47 Å². The summed E-state index contributed by atoms with van der Waals surface area (Å²) >= 11 is 0. The fourth-order valence-electron chi connectivity index (χ4n) is 3.46. The van der Waals surface area contributed by atoms with Gasteiger partial charge in [0.25, 0.3) is 5.56 Å². The van der Waals surface area contributed by atoms with Crippen LogP contribution in [0.3, 0.4) is 0 Å². The van der Waals surface area contributed by atoms with Crippen LogP contribution in [-0.2, 0) is 13.0 Å². The summed E-state index contributed by atoms with van der Waals surface area (Å²) in [4.78, 5) is 18.0. The first-order valence-corrected chi connectivity index (χ1v) is 9.47. The zero-order chi connectivity index (χ0) is 20.2. The first-order chi connectivity index (χ1) is 14.2. The third kappa shape index (κ3) is 3.72. The van der Waals surface area contributed by atoms with Gasteiger partial charge in [-0.25, -0.2) is 4.98 Å². The molecule has 0 amide bonds. The number of ether oxygens (including phenoxy) is 2.